The van der Waals surface area contributed by atoms with Crippen molar-refractivity contribution in [1.82, 2.24) is 0 Å². The highest BCUT2D eigenvalue weighted by molar-refractivity contribution is 9.10. The van der Waals surface area contributed by atoms with Crippen molar-refractivity contribution in [1.29, 1.82) is 0 Å². The lowest BCUT2D eigenvalue weighted by Gasteiger charge is -2.10. The fourth-order valence-electron chi connectivity index (χ4n) is 1.95. The van der Waals surface area contributed by atoms with E-state index in [1.165, 1.54) is 6.92 Å². The second kappa shape index (κ2) is 7.22. The summed E-state index contributed by atoms with van der Waals surface area (Å²) in [4.78, 5) is 23.3. The SMILES string of the molecule is CC(=O)c1cccc(NCC(=O)Nc2ccc(C)cc2Br)c1. The van der Waals surface area contributed by atoms with Crippen molar-refractivity contribution in [3.8, 4) is 0 Å². The molecule has 0 saturated heterocycles. The number of hydrogen-bond acceptors (Lipinski definition) is 3. The van der Waals surface area contributed by atoms with Crippen molar-refractivity contribution in [2.45, 2.75) is 13.8 Å². The first-order valence-electron chi connectivity index (χ1n) is 6.86. The molecule has 0 atom stereocenters. The maximum absolute atomic E-state index is 12.0. The summed E-state index contributed by atoms with van der Waals surface area (Å²) in [5, 5.41) is 5.84. The van der Waals surface area contributed by atoms with Crippen molar-refractivity contribution >= 4 is 39.0 Å². The third-order valence-corrected chi connectivity index (χ3v) is 3.78. The number of nitrogens with one attached hydrogen (secondary N) is 2. The maximum Gasteiger partial charge on any atom is 0.243 e. The van der Waals surface area contributed by atoms with Gasteiger partial charge >= 0.3 is 0 Å². The second-order valence-electron chi connectivity index (χ2n) is 5.02. The number of amides is 1. The summed E-state index contributed by atoms with van der Waals surface area (Å²) in [6.07, 6.45) is 0. The van der Waals surface area contributed by atoms with Crippen LogP contribution in [0.2, 0.25) is 0 Å². The highest BCUT2D eigenvalue weighted by Crippen LogP contribution is 2.23. The van der Waals surface area contributed by atoms with Crippen LogP contribution in [0.5, 0.6) is 0 Å². The first-order valence-corrected chi connectivity index (χ1v) is 7.66. The van der Waals surface area contributed by atoms with E-state index in [2.05, 4.69) is 26.6 Å². The van der Waals surface area contributed by atoms with Crippen molar-refractivity contribution in [3.63, 3.8) is 0 Å². The molecule has 4 nitrogen and oxygen atoms in total. The van der Waals surface area contributed by atoms with Gasteiger partial charge in [0.2, 0.25) is 5.91 Å². The molecule has 0 aliphatic heterocycles. The molecule has 0 aromatic heterocycles. The molecule has 2 rings (SSSR count). The van der Waals surface area contributed by atoms with Gasteiger partial charge in [0, 0.05) is 15.7 Å². The van der Waals surface area contributed by atoms with Crippen LogP contribution in [0.25, 0.3) is 0 Å². The topological polar surface area (TPSA) is 58.2 Å². The molecule has 0 bridgehead atoms. The van der Waals surface area contributed by atoms with Gasteiger partial charge in [-0.05, 0) is 59.6 Å². The predicted molar refractivity (Wildman–Crippen MR) is 92.4 cm³/mol. The summed E-state index contributed by atoms with van der Waals surface area (Å²) < 4.78 is 0.847. The Morgan fingerprint density at radius 1 is 1.14 bits per heavy atom. The highest BCUT2D eigenvalue weighted by atomic mass is 79.9. The van der Waals surface area contributed by atoms with E-state index in [0.29, 0.717) is 5.56 Å². The van der Waals surface area contributed by atoms with Crippen LogP contribution >= 0.6 is 15.9 Å². The third kappa shape index (κ3) is 4.43. The minimum absolute atomic E-state index is 0.00307. The fourth-order valence-corrected chi connectivity index (χ4v) is 2.54. The zero-order valence-electron chi connectivity index (χ0n) is 12.4. The molecule has 22 heavy (non-hydrogen) atoms. The number of ketones is 1. The second-order valence-corrected chi connectivity index (χ2v) is 5.88. The van der Waals surface area contributed by atoms with Crippen LogP contribution in [0.3, 0.4) is 0 Å². The average Bonchev–Trinajstić information content (AvgIpc) is 2.48. The molecule has 0 aliphatic carbocycles. The summed E-state index contributed by atoms with van der Waals surface area (Å²) >= 11 is 3.42. The van der Waals surface area contributed by atoms with Crippen molar-refractivity contribution in [2.75, 3.05) is 17.2 Å². The van der Waals surface area contributed by atoms with E-state index in [1.807, 2.05) is 31.2 Å². The Hall–Kier alpha value is -2.14. The molecule has 0 fully saturated rings. The number of rotatable bonds is 5. The normalized spacial score (nSPS) is 10.1. The van der Waals surface area contributed by atoms with Crippen molar-refractivity contribution in [3.05, 3.63) is 58.1 Å². The smallest absolute Gasteiger partial charge is 0.243 e. The minimum atomic E-state index is -0.155. The number of carbonyl (C=O) groups excluding carboxylic acids is 2. The van der Waals surface area contributed by atoms with Gasteiger partial charge in [0.1, 0.15) is 0 Å². The van der Waals surface area contributed by atoms with Gasteiger partial charge in [0.25, 0.3) is 0 Å². The molecule has 0 aliphatic rings. The quantitative estimate of drug-likeness (QED) is 0.792. The van der Waals surface area contributed by atoms with Gasteiger partial charge in [-0.15, -0.1) is 0 Å². The van der Waals surface area contributed by atoms with Crippen molar-refractivity contribution in [2.24, 2.45) is 0 Å². The molecular formula is C17H17BrN2O2. The number of halogens is 1. The summed E-state index contributed by atoms with van der Waals surface area (Å²) in [5.74, 6) is -0.158. The number of hydrogen-bond donors (Lipinski definition) is 2. The zero-order valence-corrected chi connectivity index (χ0v) is 14.0. The predicted octanol–water partition coefficient (Wildman–Crippen LogP) is 4.01. The number of carbonyl (C=O) groups is 2. The van der Waals surface area contributed by atoms with E-state index in [4.69, 9.17) is 0 Å². The Bertz CT molecular complexity index is 714. The Balaban J connectivity index is 1.95. The van der Waals surface area contributed by atoms with Crippen LogP contribution in [0, 0.1) is 6.92 Å². The molecule has 0 heterocycles. The molecule has 114 valence electrons. The Morgan fingerprint density at radius 2 is 1.91 bits per heavy atom. The van der Waals surface area contributed by atoms with Gasteiger partial charge in [0.05, 0.1) is 12.2 Å². The van der Waals surface area contributed by atoms with E-state index < -0.39 is 0 Å². The third-order valence-electron chi connectivity index (χ3n) is 3.12. The van der Waals surface area contributed by atoms with Crippen LogP contribution in [-0.2, 0) is 4.79 Å². The highest BCUT2D eigenvalue weighted by Gasteiger charge is 2.06. The van der Waals surface area contributed by atoms with E-state index in [9.17, 15) is 9.59 Å². The van der Waals surface area contributed by atoms with Gasteiger partial charge in [-0.2, -0.15) is 0 Å². The van der Waals surface area contributed by atoms with Crippen molar-refractivity contribution < 1.29 is 9.59 Å². The van der Waals surface area contributed by atoms with E-state index in [0.717, 1.165) is 21.4 Å². The Morgan fingerprint density at radius 3 is 2.59 bits per heavy atom. The van der Waals surface area contributed by atoms with Crippen LogP contribution in [0.15, 0.2) is 46.9 Å². The zero-order chi connectivity index (χ0) is 16.1. The number of Topliss-reactive ketones (excluding diaryl/α,β-unsaturated/α-hetero) is 1. The summed E-state index contributed by atoms with van der Waals surface area (Å²) in [5.41, 5.74) is 3.21. The standard InChI is InChI=1S/C17H17BrN2O2/c1-11-6-7-16(15(18)8-11)20-17(22)10-19-14-5-3-4-13(9-14)12(2)21/h3-9,19H,10H2,1-2H3,(H,20,22). The van der Waals surface area contributed by atoms with E-state index >= 15 is 0 Å². The molecule has 2 aromatic rings. The van der Waals surface area contributed by atoms with Crippen LogP contribution in [-0.4, -0.2) is 18.2 Å². The lowest BCUT2D eigenvalue weighted by atomic mass is 10.1. The number of aryl methyl sites for hydroxylation is 1. The molecule has 5 heteroatoms. The van der Waals surface area contributed by atoms with E-state index in [1.54, 1.807) is 18.2 Å². The van der Waals surface area contributed by atoms with Gasteiger partial charge in [0.15, 0.2) is 5.78 Å². The Labute approximate surface area is 138 Å². The lowest BCUT2D eigenvalue weighted by Crippen LogP contribution is -2.22. The molecule has 2 aromatic carbocycles. The van der Waals surface area contributed by atoms with Crippen LogP contribution in [0.4, 0.5) is 11.4 Å². The van der Waals surface area contributed by atoms with Gasteiger partial charge < -0.3 is 10.6 Å². The van der Waals surface area contributed by atoms with Gasteiger partial charge in [-0.3, -0.25) is 9.59 Å². The monoisotopic (exact) mass is 360 g/mol. The summed E-state index contributed by atoms with van der Waals surface area (Å²) in [7, 11) is 0. The van der Waals surface area contributed by atoms with Crippen LogP contribution in [0.1, 0.15) is 22.8 Å². The largest absolute Gasteiger partial charge is 0.376 e. The molecule has 0 spiro atoms. The summed E-state index contributed by atoms with van der Waals surface area (Å²) in [6, 6.07) is 12.8. The minimum Gasteiger partial charge on any atom is -0.376 e. The molecule has 1 amide bonds. The first kappa shape index (κ1) is 16.2. The number of benzene rings is 2. The fraction of sp³-hybridized carbons (Fsp3) is 0.176. The maximum atomic E-state index is 12.0. The van der Waals surface area contributed by atoms with Crippen LogP contribution < -0.4 is 10.6 Å². The van der Waals surface area contributed by atoms with Gasteiger partial charge in [-0.25, -0.2) is 0 Å². The average molecular weight is 361 g/mol. The molecule has 2 N–H and O–H groups in total. The molecule has 0 radical (unpaired) electrons. The van der Waals surface area contributed by atoms with Gasteiger partial charge in [-0.1, -0.05) is 18.2 Å². The molecule has 0 saturated carbocycles. The lowest BCUT2D eigenvalue weighted by molar-refractivity contribution is -0.114. The van der Waals surface area contributed by atoms with E-state index in [-0.39, 0.29) is 18.2 Å². The Kier molecular flexibility index (Phi) is 5.33. The molecular weight excluding hydrogens is 344 g/mol. The first-order chi connectivity index (χ1) is 10.5. The molecule has 0 unspecified atom stereocenters. The number of anilines is 2. The summed E-state index contributed by atoms with van der Waals surface area (Å²) in [6.45, 7) is 3.63.